The molecule has 1 aliphatic rings. The quantitative estimate of drug-likeness (QED) is 0.662. The number of benzene rings is 2. The number of hydrogen-bond acceptors (Lipinski definition) is 3. The summed E-state index contributed by atoms with van der Waals surface area (Å²) in [4.78, 5) is 12.1. The number of halogens is 2. The molecule has 0 aliphatic carbocycles. The average Bonchev–Trinajstić information content (AvgIpc) is 2.92. The highest BCUT2D eigenvalue weighted by Crippen LogP contribution is 2.34. The summed E-state index contributed by atoms with van der Waals surface area (Å²) in [6.45, 7) is 0.106. The zero-order valence-corrected chi connectivity index (χ0v) is 13.9. The number of carbonyl (C=O) groups excluding carboxylic acids is 1. The van der Waals surface area contributed by atoms with Gasteiger partial charge in [-0.25, -0.2) is 13.4 Å². The van der Waals surface area contributed by atoms with E-state index < -0.39 is 22.9 Å². The molecule has 4 nitrogen and oxygen atoms in total. The van der Waals surface area contributed by atoms with Gasteiger partial charge in [0, 0.05) is 5.57 Å². The Labute approximate surface area is 145 Å². The highest BCUT2D eigenvalue weighted by atomic mass is 35.5. The van der Waals surface area contributed by atoms with Gasteiger partial charge >= 0.3 is 5.97 Å². The molecule has 2 aromatic rings. The summed E-state index contributed by atoms with van der Waals surface area (Å²) in [6.07, 6.45) is 0. The van der Waals surface area contributed by atoms with Crippen molar-refractivity contribution >= 4 is 39.8 Å². The molecule has 0 radical (unpaired) electrons. The molecule has 124 valence electrons. The van der Waals surface area contributed by atoms with Crippen LogP contribution in [-0.4, -0.2) is 21.3 Å². The maximum atomic E-state index is 13.3. The first-order chi connectivity index (χ1) is 11.5. The summed E-state index contributed by atoms with van der Waals surface area (Å²) >= 11 is 3.89. The van der Waals surface area contributed by atoms with Crippen molar-refractivity contribution in [3.8, 4) is 0 Å². The minimum atomic E-state index is -1.91. The lowest BCUT2D eigenvalue weighted by Crippen LogP contribution is -1.99. The highest BCUT2D eigenvalue weighted by molar-refractivity contribution is 7.78. The Hall–Kier alpha value is -2.02. The largest absolute Gasteiger partial charge is 0.457 e. The molecule has 0 saturated carbocycles. The maximum Gasteiger partial charge on any atom is 0.339 e. The standard InChI is InChI=1S/C17H12ClFO4S/c18-14-7-12(5-6-15(14)19)16-13(8-23-17(16)20)11-3-1-10(2-4-11)9-24(21)22/h1-7H,8-9H2,(H,21,22). The van der Waals surface area contributed by atoms with E-state index in [1.54, 1.807) is 24.3 Å². The molecule has 1 N–H and O–H groups in total. The van der Waals surface area contributed by atoms with Crippen molar-refractivity contribution in [1.29, 1.82) is 0 Å². The summed E-state index contributed by atoms with van der Waals surface area (Å²) in [6, 6.07) is 11.0. The predicted molar refractivity (Wildman–Crippen MR) is 90.1 cm³/mol. The third kappa shape index (κ3) is 3.40. The molecule has 1 unspecified atom stereocenters. The smallest absolute Gasteiger partial charge is 0.339 e. The van der Waals surface area contributed by atoms with Crippen molar-refractivity contribution in [2.24, 2.45) is 0 Å². The first-order valence-electron chi connectivity index (χ1n) is 6.98. The van der Waals surface area contributed by atoms with Crippen molar-refractivity contribution in [3.05, 3.63) is 70.0 Å². The van der Waals surface area contributed by atoms with Gasteiger partial charge in [0.2, 0.25) is 0 Å². The van der Waals surface area contributed by atoms with Crippen LogP contribution in [0, 0.1) is 5.82 Å². The molecule has 1 aliphatic heterocycles. The molecular formula is C17H12ClFO4S. The van der Waals surface area contributed by atoms with Crippen LogP contribution >= 0.6 is 11.6 Å². The molecule has 7 heteroatoms. The molecule has 3 rings (SSSR count). The summed E-state index contributed by atoms with van der Waals surface area (Å²) in [5.74, 6) is -1.02. The third-order valence-corrected chi connectivity index (χ3v) is 4.52. The van der Waals surface area contributed by atoms with Crippen LogP contribution in [0.2, 0.25) is 5.02 Å². The first kappa shape index (κ1) is 16.8. The van der Waals surface area contributed by atoms with Gasteiger partial charge in [-0.15, -0.1) is 0 Å². The average molecular weight is 367 g/mol. The fourth-order valence-electron chi connectivity index (χ4n) is 2.52. The lowest BCUT2D eigenvalue weighted by Gasteiger charge is -2.06. The van der Waals surface area contributed by atoms with Gasteiger partial charge in [0.25, 0.3) is 0 Å². The zero-order chi connectivity index (χ0) is 17.3. The van der Waals surface area contributed by atoms with Gasteiger partial charge in [0.15, 0.2) is 11.1 Å². The van der Waals surface area contributed by atoms with Gasteiger partial charge in [-0.3, -0.25) is 0 Å². The second kappa shape index (κ2) is 6.84. The Balaban J connectivity index is 2.02. The maximum absolute atomic E-state index is 13.3. The SMILES string of the molecule is O=C1OCC(c2ccc(CS(=O)O)cc2)=C1c1ccc(F)c(Cl)c1. The molecule has 0 bridgehead atoms. The fraction of sp³-hybridized carbons (Fsp3) is 0.118. The van der Waals surface area contributed by atoms with E-state index in [4.69, 9.17) is 20.9 Å². The topological polar surface area (TPSA) is 63.6 Å². The monoisotopic (exact) mass is 366 g/mol. The van der Waals surface area contributed by atoms with Crippen molar-refractivity contribution in [3.63, 3.8) is 0 Å². The van der Waals surface area contributed by atoms with Gasteiger partial charge in [-0.2, -0.15) is 0 Å². The van der Waals surface area contributed by atoms with Crippen molar-refractivity contribution < 1.29 is 22.7 Å². The van der Waals surface area contributed by atoms with Crippen LogP contribution in [-0.2, 0) is 26.4 Å². The van der Waals surface area contributed by atoms with E-state index >= 15 is 0 Å². The lowest BCUT2D eigenvalue weighted by molar-refractivity contribution is -0.133. The molecule has 1 atom stereocenters. The minimum Gasteiger partial charge on any atom is -0.457 e. The van der Waals surface area contributed by atoms with Crippen LogP contribution in [0.1, 0.15) is 16.7 Å². The Morgan fingerprint density at radius 3 is 2.46 bits per heavy atom. The first-order valence-corrected chi connectivity index (χ1v) is 8.63. The molecule has 0 aromatic heterocycles. The molecule has 0 saturated heterocycles. The number of cyclic esters (lactones) is 1. The molecule has 1 heterocycles. The highest BCUT2D eigenvalue weighted by Gasteiger charge is 2.27. The second-order valence-electron chi connectivity index (χ2n) is 5.22. The van der Waals surface area contributed by atoms with Crippen molar-refractivity contribution in [2.75, 3.05) is 6.61 Å². The van der Waals surface area contributed by atoms with E-state index in [1.807, 2.05) is 0 Å². The van der Waals surface area contributed by atoms with Gasteiger partial charge in [0.05, 0.1) is 16.3 Å². The van der Waals surface area contributed by atoms with E-state index in [0.717, 1.165) is 5.56 Å². The van der Waals surface area contributed by atoms with Gasteiger partial charge in [0.1, 0.15) is 12.4 Å². The van der Waals surface area contributed by atoms with Gasteiger partial charge in [-0.05, 0) is 28.8 Å². The van der Waals surface area contributed by atoms with Crippen LogP contribution in [0.25, 0.3) is 11.1 Å². The number of esters is 1. The summed E-state index contributed by atoms with van der Waals surface area (Å²) in [5, 5.41) is -0.0696. The number of ether oxygens (including phenoxy) is 1. The second-order valence-corrected chi connectivity index (χ2v) is 6.56. The van der Waals surface area contributed by atoms with E-state index in [-0.39, 0.29) is 17.4 Å². The van der Waals surface area contributed by atoms with Crippen molar-refractivity contribution in [1.82, 2.24) is 0 Å². The van der Waals surface area contributed by atoms with E-state index in [1.165, 1.54) is 18.2 Å². The fourth-order valence-corrected chi connectivity index (χ4v) is 3.18. The molecule has 2 aromatic carbocycles. The van der Waals surface area contributed by atoms with E-state index in [0.29, 0.717) is 22.3 Å². The van der Waals surface area contributed by atoms with Gasteiger partial charge in [-0.1, -0.05) is 41.9 Å². The normalized spacial score (nSPS) is 15.5. The van der Waals surface area contributed by atoms with Crippen LogP contribution in [0.4, 0.5) is 4.39 Å². The molecule has 0 fully saturated rings. The predicted octanol–water partition coefficient (Wildman–Crippen LogP) is 3.67. The van der Waals surface area contributed by atoms with E-state index in [9.17, 15) is 13.4 Å². The molecular weight excluding hydrogens is 355 g/mol. The van der Waals surface area contributed by atoms with Gasteiger partial charge < -0.3 is 9.29 Å². The third-order valence-electron chi connectivity index (χ3n) is 3.65. The Bertz CT molecular complexity index is 861. The Morgan fingerprint density at radius 2 is 1.83 bits per heavy atom. The summed E-state index contributed by atoms with van der Waals surface area (Å²) in [5.41, 5.74) is 2.95. The number of carbonyl (C=O) groups is 1. The zero-order valence-electron chi connectivity index (χ0n) is 12.3. The van der Waals surface area contributed by atoms with Crippen LogP contribution < -0.4 is 0 Å². The molecule has 0 spiro atoms. The Morgan fingerprint density at radius 1 is 1.17 bits per heavy atom. The summed E-state index contributed by atoms with van der Waals surface area (Å²) in [7, 11) is 0. The molecule has 0 amide bonds. The molecule has 24 heavy (non-hydrogen) atoms. The van der Waals surface area contributed by atoms with Crippen LogP contribution in [0.3, 0.4) is 0 Å². The van der Waals surface area contributed by atoms with Crippen LogP contribution in [0.15, 0.2) is 42.5 Å². The van der Waals surface area contributed by atoms with E-state index in [2.05, 4.69) is 0 Å². The van der Waals surface area contributed by atoms with Crippen LogP contribution in [0.5, 0.6) is 0 Å². The number of hydrogen-bond donors (Lipinski definition) is 1. The summed E-state index contributed by atoms with van der Waals surface area (Å²) < 4.78 is 38.2. The Kier molecular flexibility index (Phi) is 4.80. The lowest BCUT2D eigenvalue weighted by atomic mass is 9.96. The van der Waals surface area contributed by atoms with Crippen molar-refractivity contribution in [2.45, 2.75) is 5.75 Å². The number of rotatable bonds is 4. The minimum absolute atomic E-state index is 0.0369.